The Morgan fingerprint density at radius 2 is 2.50 bits per heavy atom. The van der Waals surface area contributed by atoms with Crippen LogP contribution in [-0.2, 0) is 11.2 Å². The van der Waals surface area contributed by atoms with Gasteiger partial charge in [-0.2, -0.15) is 4.98 Å². The third-order valence-electron chi connectivity index (χ3n) is 2.20. The van der Waals surface area contributed by atoms with Crippen LogP contribution in [0.15, 0.2) is 10.9 Å². The molecule has 2 heterocycles. The van der Waals surface area contributed by atoms with Gasteiger partial charge in [0.1, 0.15) is 0 Å². The predicted octanol–water partition coefficient (Wildman–Crippen LogP) is -1.04. The highest BCUT2D eigenvalue weighted by atomic mass is 16.5. The highest BCUT2D eigenvalue weighted by molar-refractivity contribution is 4.82. The van der Waals surface area contributed by atoms with E-state index in [9.17, 15) is 5.11 Å². The lowest BCUT2D eigenvalue weighted by Crippen LogP contribution is -2.39. The van der Waals surface area contributed by atoms with Crippen LogP contribution >= 0.6 is 0 Å². The molecule has 78 valence electrons. The molecule has 6 heteroatoms. The molecular weight excluding hydrogens is 186 g/mol. The second-order valence-corrected chi connectivity index (χ2v) is 3.25. The molecule has 0 aliphatic carbocycles. The first kappa shape index (κ1) is 9.57. The van der Waals surface area contributed by atoms with E-state index < -0.39 is 6.10 Å². The minimum Gasteiger partial charge on any atom is -0.389 e. The van der Waals surface area contributed by atoms with Crippen LogP contribution in [0, 0.1) is 0 Å². The molecule has 0 spiro atoms. The molecule has 1 aromatic heterocycles. The number of nitrogens with zero attached hydrogens (tertiary/aromatic N) is 2. The lowest BCUT2D eigenvalue weighted by molar-refractivity contribution is 0.122. The fourth-order valence-corrected chi connectivity index (χ4v) is 1.41. The summed E-state index contributed by atoms with van der Waals surface area (Å²) >= 11 is 0. The number of ether oxygens (including phenoxy) is 1. The van der Waals surface area contributed by atoms with E-state index in [1.165, 1.54) is 6.33 Å². The summed E-state index contributed by atoms with van der Waals surface area (Å²) in [4.78, 5) is 3.89. The van der Waals surface area contributed by atoms with Gasteiger partial charge in [-0.3, -0.25) is 0 Å². The van der Waals surface area contributed by atoms with Crippen molar-refractivity contribution in [2.24, 2.45) is 0 Å². The minimum absolute atomic E-state index is 0.0259. The van der Waals surface area contributed by atoms with E-state index in [1.54, 1.807) is 0 Å². The normalized spacial score (nSPS) is 26.9. The smallest absolute Gasteiger partial charge is 0.227 e. The fraction of sp³-hybridized carbons (Fsp3) is 0.750. The second kappa shape index (κ2) is 4.50. The van der Waals surface area contributed by atoms with Gasteiger partial charge in [0, 0.05) is 13.0 Å². The Hall–Kier alpha value is -0.980. The molecule has 2 rings (SSSR count). The SMILES string of the molecule is OC1COCC1NCCc1ncno1. The zero-order chi connectivity index (χ0) is 9.80. The Morgan fingerprint density at radius 3 is 3.14 bits per heavy atom. The van der Waals surface area contributed by atoms with Crippen molar-refractivity contribution in [3.63, 3.8) is 0 Å². The van der Waals surface area contributed by atoms with Crippen molar-refractivity contribution in [1.29, 1.82) is 0 Å². The maximum atomic E-state index is 9.41. The van der Waals surface area contributed by atoms with Gasteiger partial charge in [-0.05, 0) is 0 Å². The van der Waals surface area contributed by atoms with Crippen LogP contribution in [0.5, 0.6) is 0 Å². The highest BCUT2D eigenvalue weighted by Gasteiger charge is 2.25. The van der Waals surface area contributed by atoms with E-state index in [0.717, 1.165) is 0 Å². The zero-order valence-electron chi connectivity index (χ0n) is 7.72. The van der Waals surface area contributed by atoms with Crippen LogP contribution in [0.1, 0.15) is 5.89 Å². The lowest BCUT2D eigenvalue weighted by Gasteiger charge is -2.12. The summed E-state index contributed by atoms with van der Waals surface area (Å²) in [7, 11) is 0. The van der Waals surface area contributed by atoms with E-state index in [4.69, 9.17) is 9.26 Å². The molecule has 0 amide bonds. The molecule has 1 aromatic rings. The molecule has 0 saturated carbocycles. The first-order valence-corrected chi connectivity index (χ1v) is 4.61. The second-order valence-electron chi connectivity index (χ2n) is 3.25. The number of nitrogens with one attached hydrogen (secondary N) is 1. The average Bonchev–Trinajstić information content (AvgIpc) is 2.78. The Bertz CT molecular complexity index is 265. The molecule has 2 unspecified atom stereocenters. The summed E-state index contributed by atoms with van der Waals surface area (Å²) in [6.45, 7) is 1.68. The van der Waals surface area contributed by atoms with Gasteiger partial charge in [-0.15, -0.1) is 0 Å². The van der Waals surface area contributed by atoms with Crippen LogP contribution in [0.25, 0.3) is 0 Å². The number of hydrogen-bond acceptors (Lipinski definition) is 6. The number of aromatic nitrogens is 2. The quantitative estimate of drug-likeness (QED) is 0.645. The first-order valence-electron chi connectivity index (χ1n) is 4.61. The lowest BCUT2D eigenvalue weighted by atomic mass is 10.2. The largest absolute Gasteiger partial charge is 0.389 e. The molecule has 1 aliphatic heterocycles. The summed E-state index contributed by atoms with van der Waals surface area (Å²) in [6, 6.07) is 0.0259. The van der Waals surface area contributed by atoms with Crippen molar-refractivity contribution >= 4 is 0 Å². The minimum atomic E-state index is -0.405. The summed E-state index contributed by atoms with van der Waals surface area (Å²) < 4.78 is 9.92. The van der Waals surface area contributed by atoms with Gasteiger partial charge in [0.25, 0.3) is 0 Å². The van der Waals surface area contributed by atoms with Gasteiger partial charge in [-0.25, -0.2) is 0 Å². The Kier molecular flexibility index (Phi) is 3.07. The molecule has 6 nitrogen and oxygen atoms in total. The Morgan fingerprint density at radius 1 is 1.57 bits per heavy atom. The highest BCUT2D eigenvalue weighted by Crippen LogP contribution is 2.04. The molecular formula is C8H13N3O3. The van der Waals surface area contributed by atoms with Crippen molar-refractivity contribution in [3.05, 3.63) is 12.2 Å². The van der Waals surface area contributed by atoms with Gasteiger partial charge in [-0.1, -0.05) is 5.16 Å². The Balaban J connectivity index is 1.68. The van der Waals surface area contributed by atoms with Crippen molar-refractivity contribution < 1.29 is 14.4 Å². The van der Waals surface area contributed by atoms with Crippen LogP contribution in [0.4, 0.5) is 0 Å². The van der Waals surface area contributed by atoms with E-state index in [1.807, 2.05) is 0 Å². The van der Waals surface area contributed by atoms with Crippen molar-refractivity contribution in [2.45, 2.75) is 18.6 Å². The van der Waals surface area contributed by atoms with Gasteiger partial charge in [0.2, 0.25) is 5.89 Å². The van der Waals surface area contributed by atoms with E-state index in [2.05, 4.69) is 15.5 Å². The van der Waals surface area contributed by atoms with Crippen LogP contribution in [0.2, 0.25) is 0 Å². The molecule has 2 N–H and O–H groups in total. The molecule has 14 heavy (non-hydrogen) atoms. The van der Waals surface area contributed by atoms with Gasteiger partial charge in [0.05, 0.1) is 25.4 Å². The van der Waals surface area contributed by atoms with Gasteiger partial charge >= 0.3 is 0 Å². The molecule has 0 aromatic carbocycles. The molecule has 0 bridgehead atoms. The summed E-state index contributed by atoms with van der Waals surface area (Å²) in [5.41, 5.74) is 0. The fourth-order valence-electron chi connectivity index (χ4n) is 1.41. The third-order valence-corrected chi connectivity index (χ3v) is 2.20. The molecule has 1 aliphatic rings. The van der Waals surface area contributed by atoms with Gasteiger partial charge < -0.3 is 19.7 Å². The third kappa shape index (κ3) is 2.28. The summed E-state index contributed by atoms with van der Waals surface area (Å²) in [6.07, 6.45) is 1.64. The molecule has 1 saturated heterocycles. The van der Waals surface area contributed by atoms with Crippen molar-refractivity contribution in [2.75, 3.05) is 19.8 Å². The predicted molar refractivity (Wildman–Crippen MR) is 46.6 cm³/mol. The van der Waals surface area contributed by atoms with Gasteiger partial charge in [0.15, 0.2) is 6.33 Å². The number of aliphatic hydroxyl groups is 1. The number of hydrogen-bond donors (Lipinski definition) is 2. The van der Waals surface area contributed by atoms with Crippen LogP contribution in [-0.4, -0.2) is 47.2 Å². The van der Waals surface area contributed by atoms with Crippen LogP contribution < -0.4 is 5.32 Å². The van der Waals surface area contributed by atoms with Crippen molar-refractivity contribution in [1.82, 2.24) is 15.5 Å². The Labute approximate surface area is 81.3 Å². The van der Waals surface area contributed by atoms with Crippen molar-refractivity contribution in [3.8, 4) is 0 Å². The number of aliphatic hydroxyl groups excluding tert-OH is 1. The van der Waals surface area contributed by atoms with E-state index in [0.29, 0.717) is 32.1 Å². The summed E-state index contributed by atoms with van der Waals surface area (Å²) in [5.74, 6) is 0.603. The molecule has 2 atom stereocenters. The monoisotopic (exact) mass is 199 g/mol. The van der Waals surface area contributed by atoms with Crippen LogP contribution in [0.3, 0.4) is 0 Å². The topological polar surface area (TPSA) is 80.4 Å². The maximum absolute atomic E-state index is 9.41. The first-order chi connectivity index (χ1) is 6.86. The molecule has 0 radical (unpaired) electrons. The maximum Gasteiger partial charge on any atom is 0.227 e. The van der Waals surface area contributed by atoms with E-state index in [-0.39, 0.29) is 6.04 Å². The number of rotatable bonds is 4. The summed E-state index contributed by atoms with van der Waals surface area (Å²) in [5, 5.41) is 16.1. The zero-order valence-corrected chi connectivity index (χ0v) is 7.72. The average molecular weight is 199 g/mol. The van der Waals surface area contributed by atoms with E-state index >= 15 is 0 Å². The molecule has 1 fully saturated rings. The standard InChI is InChI=1S/C8H13N3O3/c12-7-4-13-3-6(7)9-2-1-8-10-5-11-14-8/h5-7,9,12H,1-4H2.